The molecule has 3 rings (SSSR count). The van der Waals surface area contributed by atoms with E-state index in [9.17, 15) is 9.59 Å². The molecule has 0 bridgehead atoms. The molecule has 0 spiro atoms. The van der Waals surface area contributed by atoms with Crippen molar-refractivity contribution in [2.75, 3.05) is 33.3 Å². The maximum atomic E-state index is 12.5. The molecule has 1 aliphatic rings. The van der Waals surface area contributed by atoms with E-state index in [0.717, 1.165) is 11.3 Å². The smallest absolute Gasteiger partial charge is 0.254 e. The molecule has 1 saturated heterocycles. The molecule has 27 heavy (non-hydrogen) atoms. The van der Waals surface area contributed by atoms with Crippen LogP contribution < -0.4 is 4.74 Å². The van der Waals surface area contributed by atoms with E-state index in [-0.39, 0.29) is 11.8 Å². The molecular formula is C21H23ClN2O3. The van der Waals surface area contributed by atoms with E-state index < -0.39 is 0 Å². The summed E-state index contributed by atoms with van der Waals surface area (Å²) in [5.74, 6) is 0.897. The molecule has 0 aliphatic carbocycles. The molecule has 0 N–H and O–H groups in total. The van der Waals surface area contributed by atoms with Crippen molar-refractivity contribution in [2.45, 2.75) is 12.8 Å². The topological polar surface area (TPSA) is 49.9 Å². The molecule has 0 radical (unpaired) electrons. The normalized spacial score (nSPS) is 14.1. The molecule has 0 saturated carbocycles. The van der Waals surface area contributed by atoms with Crippen molar-refractivity contribution in [3.63, 3.8) is 0 Å². The number of ether oxygens (including phenoxy) is 1. The number of nitrogens with zero attached hydrogens (tertiary/aromatic N) is 2. The van der Waals surface area contributed by atoms with Crippen molar-refractivity contribution in [3.8, 4) is 5.75 Å². The van der Waals surface area contributed by atoms with Gasteiger partial charge in [0.15, 0.2) is 0 Å². The highest BCUT2D eigenvalue weighted by molar-refractivity contribution is 6.30. The summed E-state index contributed by atoms with van der Waals surface area (Å²) >= 11 is 5.96. The fourth-order valence-electron chi connectivity index (χ4n) is 3.16. The summed E-state index contributed by atoms with van der Waals surface area (Å²) in [6.07, 6.45) is 1.17. The third-order valence-electron chi connectivity index (χ3n) is 4.78. The highest BCUT2D eigenvalue weighted by Crippen LogP contribution is 2.16. The first kappa shape index (κ1) is 19.2. The first-order chi connectivity index (χ1) is 13.1. The fraction of sp³-hybridized carbons (Fsp3) is 0.333. The Morgan fingerprint density at radius 1 is 1.00 bits per heavy atom. The Balaban J connectivity index is 1.48. The van der Waals surface area contributed by atoms with Crippen molar-refractivity contribution in [3.05, 3.63) is 64.7 Å². The molecule has 0 atom stereocenters. The number of benzene rings is 2. The molecule has 0 unspecified atom stereocenters. The minimum absolute atomic E-state index is 0.0390. The number of hydrogen-bond acceptors (Lipinski definition) is 3. The lowest BCUT2D eigenvalue weighted by Crippen LogP contribution is -2.50. The zero-order chi connectivity index (χ0) is 19.2. The van der Waals surface area contributed by atoms with Gasteiger partial charge in [-0.2, -0.15) is 0 Å². The van der Waals surface area contributed by atoms with Gasteiger partial charge in [-0.3, -0.25) is 9.59 Å². The van der Waals surface area contributed by atoms with E-state index in [2.05, 4.69) is 0 Å². The Morgan fingerprint density at radius 2 is 1.67 bits per heavy atom. The van der Waals surface area contributed by atoms with E-state index in [1.54, 1.807) is 36.3 Å². The molecule has 1 fully saturated rings. The summed E-state index contributed by atoms with van der Waals surface area (Å²) in [5.41, 5.74) is 1.70. The Morgan fingerprint density at radius 3 is 2.30 bits per heavy atom. The number of carbonyl (C=O) groups excluding carboxylic acids is 2. The van der Waals surface area contributed by atoms with Gasteiger partial charge in [0.2, 0.25) is 5.91 Å². The van der Waals surface area contributed by atoms with Crippen LogP contribution in [0.2, 0.25) is 5.02 Å². The van der Waals surface area contributed by atoms with Crippen molar-refractivity contribution in [2.24, 2.45) is 0 Å². The maximum absolute atomic E-state index is 12.5. The van der Waals surface area contributed by atoms with Crippen molar-refractivity contribution in [1.29, 1.82) is 0 Å². The van der Waals surface area contributed by atoms with Crippen LogP contribution >= 0.6 is 11.6 Å². The molecule has 2 amide bonds. The second-order valence-electron chi connectivity index (χ2n) is 6.53. The quantitative estimate of drug-likeness (QED) is 0.792. The average molecular weight is 387 g/mol. The fourth-order valence-corrected chi connectivity index (χ4v) is 3.35. The Kier molecular flexibility index (Phi) is 6.35. The lowest BCUT2D eigenvalue weighted by molar-refractivity contribution is -0.132. The van der Waals surface area contributed by atoms with Gasteiger partial charge in [-0.1, -0.05) is 29.8 Å². The van der Waals surface area contributed by atoms with Crippen LogP contribution in [0.25, 0.3) is 0 Å². The van der Waals surface area contributed by atoms with Crippen molar-refractivity contribution < 1.29 is 14.3 Å². The van der Waals surface area contributed by atoms with Crippen LogP contribution in [0, 0.1) is 0 Å². The third kappa shape index (κ3) is 5.01. The molecular weight excluding hydrogens is 364 g/mol. The van der Waals surface area contributed by atoms with Crippen LogP contribution in [0.3, 0.4) is 0 Å². The summed E-state index contributed by atoms with van der Waals surface area (Å²) in [6, 6.07) is 14.7. The SMILES string of the molecule is COc1ccc(CCC(=O)N2CCN(C(=O)c3cccc(Cl)c3)CC2)cc1. The van der Waals surface area contributed by atoms with Crippen molar-refractivity contribution >= 4 is 23.4 Å². The number of aryl methyl sites for hydroxylation is 1. The molecule has 1 heterocycles. The van der Waals surface area contributed by atoms with E-state index in [0.29, 0.717) is 49.6 Å². The van der Waals surface area contributed by atoms with Gasteiger partial charge in [0.05, 0.1) is 7.11 Å². The zero-order valence-corrected chi connectivity index (χ0v) is 16.1. The van der Waals surface area contributed by atoms with Crippen LogP contribution in [0.15, 0.2) is 48.5 Å². The number of carbonyl (C=O) groups is 2. The summed E-state index contributed by atoms with van der Waals surface area (Å²) in [5, 5.41) is 0.549. The molecule has 6 heteroatoms. The third-order valence-corrected chi connectivity index (χ3v) is 5.01. The second kappa shape index (κ2) is 8.91. The van der Waals surface area contributed by atoms with Crippen LogP contribution in [0.5, 0.6) is 5.75 Å². The Hall–Kier alpha value is -2.53. The summed E-state index contributed by atoms with van der Waals surface area (Å²) in [7, 11) is 1.63. The number of piperazine rings is 1. The molecule has 2 aromatic rings. The van der Waals surface area contributed by atoms with Gasteiger partial charge in [0.1, 0.15) is 5.75 Å². The zero-order valence-electron chi connectivity index (χ0n) is 15.4. The first-order valence-electron chi connectivity index (χ1n) is 9.02. The molecule has 5 nitrogen and oxygen atoms in total. The van der Waals surface area contributed by atoms with Gasteiger partial charge in [0.25, 0.3) is 5.91 Å². The van der Waals surface area contributed by atoms with Gasteiger partial charge in [-0.25, -0.2) is 0 Å². The van der Waals surface area contributed by atoms with Gasteiger partial charge >= 0.3 is 0 Å². The van der Waals surface area contributed by atoms with E-state index in [1.807, 2.05) is 29.2 Å². The molecule has 0 aromatic heterocycles. The summed E-state index contributed by atoms with van der Waals surface area (Å²) < 4.78 is 5.14. The Bertz CT molecular complexity index is 799. The number of amides is 2. The van der Waals surface area contributed by atoms with Crippen molar-refractivity contribution in [1.82, 2.24) is 9.80 Å². The molecule has 142 valence electrons. The number of halogens is 1. The van der Waals surface area contributed by atoms with Crippen LogP contribution in [-0.2, 0) is 11.2 Å². The standard InChI is InChI=1S/C21H23ClN2O3/c1-27-19-8-5-16(6-9-19)7-10-20(25)23-11-13-24(14-12-23)21(26)17-3-2-4-18(22)15-17/h2-6,8-9,15H,7,10-14H2,1H3. The number of hydrogen-bond donors (Lipinski definition) is 0. The summed E-state index contributed by atoms with van der Waals surface area (Å²) in [4.78, 5) is 28.6. The van der Waals surface area contributed by atoms with E-state index >= 15 is 0 Å². The lowest BCUT2D eigenvalue weighted by Gasteiger charge is -2.35. The second-order valence-corrected chi connectivity index (χ2v) is 6.97. The van der Waals surface area contributed by atoms with Gasteiger partial charge < -0.3 is 14.5 Å². The largest absolute Gasteiger partial charge is 0.497 e. The first-order valence-corrected chi connectivity index (χ1v) is 9.40. The molecule has 2 aromatic carbocycles. The van der Waals surface area contributed by atoms with E-state index in [1.165, 1.54) is 0 Å². The Labute approximate surface area is 164 Å². The minimum Gasteiger partial charge on any atom is -0.497 e. The molecule has 1 aliphatic heterocycles. The van der Waals surface area contributed by atoms with E-state index in [4.69, 9.17) is 16.3 Å². The van der Waals surface area contributed by atoms with Crippen LogP contribution in [-0.4, -0.2) is 54.9 Å². The monoisotopic (exact) mass is 386 g/mol. The van der Waals surface area contributed by atoms with Crippen LogP contribution in [0.4, 0.5) is 0 Å². The predicted molar refractivity (Wildman–Crippen MR) is 105 cm³/mol. The predicted octanol–water partition coefficient (Wildman–Crippen LogP) is 3.27. The van der Waals surface area contributed by atoms with Gasteiger partial charge in [-0.05, 0) is 42.3 Å². The number of rotatable bonds is 5. The minimum atomic E-state index is -0.0390. The highest BCUT2D eigenvalue weighted by Gasteiger charge is 2.24. The number of methoxy groups -OCH3 is 1. The van der Waals surface area contributed by atoms with Crippen LogP contribution in [0.1, 0.15) is 22.3 Å². The van der Waals surface area contributed by atoms with Gasteiger partial charge in [0, 0.05) is 43.2 Å². The maximum Gasteiger partial charge on any atom is 0.254 e. The summed E-state index contributed by atoms with van der Waals surface area (Å²) in [6.45, 7) is 2.21. The highest BCUT2D eigenvalue weighted by atomic mass is 35.5. The lowest BCUT2D eigenvalue weighted by atomic mass is 10.1. The van der Waals surface area contributed by atoms with Gasteiger partial charge in [-0.15, -0.1) is 0 Å². The average Bonchev–Trinajstić information content (AvgIpc) is 2.72.